The van der Waals surface area contributed by atoms with E-state index in [0.29, 0.717) is 12.5 Å². The Labute approximate surface area is 167 Å². The standard InChI is InChI=1S/C23H29N5/c1-3-20-21(13-4-15(2)14-24)28-23(27-20)19-11-7-17(8-12-19)16-5-9-18(10-6-16)22(25)26/h4-7,9-13,17,23,27-28H,2-3,8,14,24H2,1H3,(H3,25,26)/b13-4-. The summed E-state index contributed by atoms with van der Waals surface area (Å²) in [6.45, 7) is 6.53. The van der Waals surface area contributed by atoms with Crippen molar-refractivity contribution in [3.8, 4) is 0 Å². The van der Waals surface area contributed by atoms with Gasteiger partial charge in [-0.25, -0.2) is 0 Å². The summed E-state index contributed by atoms with van der Waals surface area (Å²) < 4.78 is 0. The number of allylic oxidation sites excluding steroid dienone is 4. The fraction of sp³-hybridized carbons (Fsp3) is 0.261. The van der Waals surface area contributed by atoms with Crippen molar-refractivity contribution in [2.45, 2.75) is 31.8 Å². The summed E-state index contributed by atoms with van der Waals surface area (Å²) >= 11 is 0. The number of nitrogen functional groups attached to an aromatic ring is 1. The second kappa shape index (κ2) is 8.76. The molecule has 146 valence electrons. The molecule has 0 aromatic heterocycles. The number of nitrogens with one attached hydrogen (secondary N) is 3. The quantitative estimate of drug-likeness (QED) is 0.287. The van der Waals surface area contributed by atoms with Gasteiger partial charge in [0.25, 0.3) is 0 Å². The Bertz CT molecular complexity index is 871. The zero-order valence-electron chi connectivity index (χ0n) is 16.3. The molecule has 3 rings (SSSR count). The summed E-state index contributed by atoms with van der Waals surface area (Å²) in [7, 11) is 0. The molecule has 2 atom stereocenters. The molecule has 0 saturated carbocycles. The van der Waals surface area contributed by atoms with Gasteiger partial charge in [-0.15, -0.1) is 0 Å². The van der Waals surface area contributed by atoms with Crippen molar-refractivity contribution in [2.24, 2.45) is 11.5 Å². The monoisotopic (exact) mass is 375 g/mol. The number of hydrogen-bond acceptors (Lipinski definition) is 4. The van der Waals surface area contributed by atoms with Crippen LogP contribution in [0.1, 0.15) is 36.8 Å². The molecule has 0 spiro atoms. The van der Waals surface area contributed by atoms with Crippen LogP contribution < -0.4 is 22.1 Å². The lowest BCUT2D eigenvalue weighted by molar-refractivity contribution is 0.627. The second-order valence-corrected chi connectivity index (χ2v) is 7.10. The van der Waals surface area contributed by atoms with Crippen molar-refractivity contribution in [3.63, 3.8) is 0 Å². The van der Waals surface area contributed by atoms with E-state index in [4.69, 9.17) is 16.9 Å². The molecule has 0 radical (unpaired) electrons. The molecule has 28 heavy (non-hydrogen) atoms. The van der Waals surface area contributed by atoms with Crippen LogP contribution in [0, 0.1) is 5.41 Å². The zero-order valence-corrected chi connectivity index (χ0v) is 16.3. The van der Waals surface area contributed by atoms with E-state index < -0.39 is 0 Å². The normalized spacial score (nSPS) is 21.4. The van der Waals surface area contributed by atoms with Gasteiger partial charge in [-0.05, 0) is 35.6 Å². The molecule has 1 aromatic carbocycles. The molecule has 1 aliphatic carbocycles. The molecule has 0 fully saturated rings. The Morgan fingerprint density at radius 1 is 1.29 bits per heavy atom. The number of hydrogen-bond donors (Lipinski definition) is 5. The summed E-state index contributed by atoms with van der Waals surface area (Å²) in [5, 5.41) is 14.6. The molecule has 0 saturated heterocycles. The van der Waals surface area contributed by atoms with E-state index in [1.54, 1.807) is 0 Å². The first-order valence-corrected chi connectivity index (χ1v) is 9.66. The zero-order chi connectivity index (χ0) is 20.1. The van der Waals surface area contributed by atoms with Crippen LogP contribution in [0.4, 0.5) is 0 Å². The van der Waals surface area contributed by atoms with Crippen LogP contribution in [0.25, 0.3) is 0 Å². The van der Waals surface area contributed by atoms with E-state index in [9.17, 15) is 0 Å². The van der Waals surface area contributed by atoms with E-state index in [-0.39, 0.29) is 12.0 Å². The van der Waals surface area contributed by atoms with Crippen LogP contribution in [-0.4, -0.2) is 18.5 Å². The summed E-state index contributed by atoms with van der Waals surface area (Å²) in [5.74, 6) is 0.447. The molecular weight excluding hydrogens is 346 g/mol. The van der Waals surface area contributed by atoms with Gasteiger partial charge >= 0.3 is 0 Å². The predicted molar refractivity (Wildman–Crippen MR) is 117 cm³/mol. The van der Waals surface area contributed by atoms with Crippen molar-refractivity contribution in [2.75, 3.05) is 6.54 Å². The summed E-state index contributed by atoms with van der Waals surface area (Å²) in [5.41, 5.74) is 17.6. The van der Waals surface area contributed by atoms with E-state index in [1.807, 2.05) is 24.3 Å². The number of amidine groups is 1. The first kappa shape index (κ1) is 19.7. The summed E-state index contributed by atoms with van der Waals surface area (Å²) in [4.78, 5) is 0. The lowest BCUT2D eigenvalue weighted by atomic mass is 9.89. The van der Waals surface area contributed by atoms with Gasteiger partial charge in [-0.2, -0.15) is 0 Å². The van der Waals surface area contributed by atoms with E-state index in [0.717, 1.165) is 29.7 Å². The summed E-state index contributed by atoms with van der Waals surface area (Å²) in [6.07, 6.45) is 12.7. The average molecular weight is 376 g/mol. The third-order valence-electron chi connectivity index (χ3n) is 5.16. The van der Waals surface area contributed by atoms with Crippen molar-refractivity contribution in [1.29, 1.82) is 5.41 Å². The van der Waals surface area contributed by atoms with Gasteiger partial charge in [0, 0.05) is 23.7 Å². The van der Waals surface area contributed by atoms with Gasteiger partial charge in [0.1, 0.15) is 12.0 Å². The highest BCUT2D eigenvalue weighted by molar-refractivity contribution is 5.94. The minimum absolute atomic E-state index is 0.0815. The third-order valence-corrected chi connectivity index (χ3v) is 5.16. The Hall–Kier alpha value is -3.05. The first-order chi connectivity index (χ1) is 13.5. The van der Waals surface area contributed by atoms with Crippen LogP contribution in [0.5, 0.6) is 0 Å². The van der Waals surface area contributed by atoms with Gasteiger partial charge in [-0.1, -0.05) is 62.1 Å². The second-order valence-electron chi connectivity index (χ2n) is 7.10. The summed E-state index contributed by atoms with van der Waals surface area (Å²) in [6, 6.07) is 7.94. The molecule has 1 aliphatic heterocycles. The highest BCUT2D eigenvalue weighted by Crippen LogP contribution is 2.29. The first-order valence-electron chi connectivity index (χ1n) is 9.66. The lowest BCUT2D eigenvalue weighted by Crippen LogP contribution is -2.34. The van der Waals surface area contributed by atoms with E-state index in [1.165, 1.54) is 16.8 Å². The minimum atomic E-state index is 0.0815. The molecule has 2 aliphatic rings. The van der Waals surface area contributed by atoms with Crippen LogP contribution in [0.2, 0.25) is 0 Å². The maximum absolute atomic E-state index is 7.51. The molecule has 5 nitrogen and oxygen atoms in total. The molecular formula is C23H29N5. The van der Waals surface area contributed by atoms with Gasteiger partial charge in [0.2, 0.25) is 0 Å². The molecule has 1 heterocycles. The lowest BCUT2D eigenvalue weighted by Gasteiger charge is -2.22. The van der Waals surface area contributed by atoms with Gasteiger partial charge in [-0.3, -0.25) is 5.41 Å². The fourth-order valence-electron chi connectivity index (χ4n) is 3.42. The van der Waals surface area contributed by atoms with Crippen molar-refractivity contribution < 1.29 is 0 Å². The number of nitrogens with two attached hydrogens (primary N) is 2. The molecule has 7 N–H and O–H groups in total. The van der Waals surface area contributed by atoms with Crippen LogP contribution in [0.3, 0.4) is 0 Å². The van der Waals surface area contributed by atoms with Crippen LogP contribution in [-0.2, 0) is 0 Å². The highest BCUT2D eigenvalue weighted by atomic mass is 15.2. The van der Waals surface area contributed by atoms with Crippen LogP contribution in [0.15, 0.2) is 83.8 Å². The van der Waals surface area contributed by atoms with Crippen molar-refractivity contribution >= 4 is 5.84 Å². The van der Waals surface area contributed by atoms with Crippen molar-refractivity contribution in [1.82, 2.24) is 10.6 Å². The van der Waals surface area contributed by atoms with Gasteiger partial charge in [0.15, 0.2) is 0 Å². The topological polar surface area (TPSA) is 100.0 Å². The molecule has 1 aromatic rings. The molecule has 2 unspecified atom stereocenters. The number of benzene rings is 1. The Balaban J connectivity index is 1.64. The van der Waals surface area contributed by atoms with E-state index in [2.05, 4.69) is 54.5 Å². The Morgan fingerprint density at radius 2 is 2.04 bits per heavy atom. The van der Waals surface area contributed by atoms with Gasteiger partial charge in [0.05, 0.1) is 5.70 Å². The fourth-order valence-corrected chi connectivity index (χ4v) is 3.42. The number of rotatable bonds is 7. The maximum Gasteiger partial charge on any atom is 0.123 e. The Morgan fingerprint density at radius 3 is 2.61 bits per heavy atom. The van der Waals surface area contributed by atoms with Crippen LogP contribution >= 0.6 is 0 Å². The van der Waals surface area contributed by atoms with Crippen molar-refractivity contribution in [3.05, 3.63) is 94.9 Å². The maximum atomic E-state index is 7.51. The largest absolute Gasteiger partial charge is 0.384 e. The SMILES string of the molecule is C=C(/C=C\C1=C(CC)NC(C2=CCC(c3ccc(C(=N)N)cc3)C=C2)N1)CN. The molecule has 0 amide bonds. The smallest absolute Gasteiger partial charge is 0.123 e. The van der Waals surface area contributed by atoms with E-state index >= 15 is 0 Å². The Kier molecular flexibility index (Phi) is 6.16. The minimum Gasteiger partial charge on any atom is -0.384 e. The molecule has 0 bridgehead atoms. The van der Waals surface area contributed by atoms with Gasteiger partial charge < -0.3 is 22.1 Å². The average Bonchev–Trinajstić information content (AvgIpc) is 3.15. The third kappa shape index (κ3) is 4.43. The molecule has 5 heteroatoms. The predicted octanol–water partition coefficient (Wildman–Crippen LogP) is 3.15. The highest BCUT2D eigenvalue weighted by Gasteiger charge is 2.24.